The van der Waals surface area contributed by atoms with Gasteiger partial charge in [0.25, 0.3) is 0 Å². The summed E-state index contributed by atoms with van der Waals surface area (Å²) < 4.78 is 1.77. The smallest absolute Gasteiger partial charge is 0.309 e. The largest absolute Gasteiger partial charge is 0.481 e. The minimum absolute atomic E-state index is 0.0765. The number of fused-ring (bicyclic) bond motifs is 1. The van der Waals surface area contributed by atoms with E-state index in [1.165, 1.54) is 0 Å². The van der Waals surface area contributed by atoms with Crippen molar-refractivity contribution in [3.05, 3.63) is 17.7 Å². The van der Waals surface area contributed by atoms with E-state index >= 15 is 0 Å². The van der Waals surface area contributed by atoms with E-state index in [1.807, 2.05) is 0 Å². The molecule has 0 aromatic carbocycles. The molecule has 0 saturated carbocycles. The molecule has 0 radical (unpaired) electrons. The Morgan fingerprint density at radius 3 is 2.78 bits per heavy atom. The molecule has 7 nitrogen and oxygen atoms in total. The molecular weight excluding hydrogens is 240 g/mol. The molecule has 102 valence electrons. The number of aromatic nitrogens is 2. The summed E-state index contributed by atoms with van der Waals surface area (Å²) in [5.41, 5.74) is 0.468. The van der Waals surface area contributed by atoms with Crippen molar-refractivity contribution >= 4 is 5.97 Å². The Morgan fingerprint density at radius 1 is 1.56 bits per heavy atom. The molecule has 1 aliphatic rings. The van der Waals surface area contributed by atoms with Gasteiger partial charge in [0.1, 0.15) is 5.82 Å². The highest BCUT2D eigenvalue weighted by atomic mass is 16.4. The quantitative estimate of drug-likeness (QED) is 0.550. The molecule has 1 aromatic heterocycles. The van der Waals surface area contributed by atoms with Gasteiger partial charge in [-0.3, -0.25) is 4.79 Å². The van der Waals surface area contributed by atoms with Crippen molar-refractivity contribution in [1.82, 2.24) is 9.55 Å². The Bertz CT molecular complexity index is 404. The predicted octanol–water partition coefficient (Wildman–Crippen LogP) is -1.04. The van der Waals surface area contributed by atoms with Gasteiger partial charge in [0, 0.05) is 19.7 Å². The number of hydrogen-bond acceptors (Lipinski definition) is 5. The lowest BCUT2D eigenvalue weighted by molar-refractivity contribution is -0.136. The van der Waals surface area contributed by atoms with Crippen LogP contribution in [0.3, 0.4) is 0 Å². The van der Waals surface area contributed by atoms with Crippen LogP contribution in [0, 0.1) is 0 Å². The highest BCUT2D eigenvalue weighted by molar-refractivity contribution is 5.69. The molecule has 2 heterocycles. The fraction of sp³-hybridized carbons (Fsp3) is 0.636. The maximum atomic E-state index is 10.5. The van der Waals surface area contributed by atoms with Crippen molar-refractivity contribution in [2.75, 3.05) is 13.7 Å². The van der Waals surface area contributed by atoms with Crippen molar-refractivity contribution in [2.24, 2.45) is 0 Å². The number of imidazole rings is 1. The average Bonchev–Trinajstić information content (AvgIpc) is 2.71. The van der Waals surface area contributed by atoms with Gasteiger partial charge in [-0.15, -0.1) is 0 Å². The zero-order valence-corrected chi connectivity index (χ0v) is 10.2. The van der Waals surface area contributed by atoms with Crippen molar-refractivity contribution in [1.29, 1.82) is 0 Å². The maximum Gasteiger partial charge on any atom is 0.309 e. The van der Waals surface area contributed by atoms with Crippen LogP contribution in [0.15, 0.2) is 6.20 Å². The summed E-state index contributed by atoms with van der Waals surface area (Å²) in [7, 11) is 1.00. The number of hydrogen-bond donors (Lipinski definition) is 4. The number of carboxylic acids is 1. The average molecular weight is 258 g/mol. The summed E-state index contributed by atoms with van der Waals surface area (Å²) in [6.45, 7) is -0.0765. The first-order valence-corrected chi connectivity index (χ1v) is 5.62. The van der Waals surface area contributed by atoms with Crippen LogP contribution in [0.5, 0.6) is 0 Å². The molecule has 1 aromatic rings. The minimum Gasteiger partial charge on any atom is -0.481 e. The number of carboxylic acid groups (broad SMARTS) is 1. The second-order valence-corrected chi connectivity index (χ2v) is 4.06. The van der Waals surface area contributed by atoms with Gasteiger partial charge in [-0.25, -0.2) is 4.98 Å². The van der Waals surface area contributed by atoms with Crippen molar-refractivity contribution in [3.8, 4) is 0 Å². The van der Waals surface area contributed by atoms with E-state index < -0.39 is 12.1 Å². The summed E-state index contributed by atoms with van der Waals surface area (Å²) in [5, 5.41) is 34.4. The van der Waals surface area contributed by atoms with Crippen LogP contribution in [-0.2, 0) is 17.6 Å². The van der Waals surface area contributed by atoms with E-state index in [0.29, 0.717) is 24.4 Å². The van der Waals surface area contributed by atoms with E-state index in [-0.39, 0.29) is 19.1 Å². The van der Waals surface area contributed by atoms with Crippen LogP contribution in [0.2, 0.25) is 0 Å². The standard InChI is InChI=1S/C10H14N2O4.CH4O/c13-5-7-2-8(14)3-9-11-6(1-10(15)16)4-12(7)9;1-2/h4,7-8,13-14H,1-3,5H2,(H,15,16);2H,1H3/t7-,8-;/m0./s1. The Labute approximate surface area is 104 Å². The topological polar surface area (TPSA) is 116 Å². The molecule has 2 atom stereocenters. The lowest BCUT2D eigenvalue weighted by Gasteiger charge is -2.26. The molecule has 0 amide bonds. The predicted molar refractivity (Wildman–Crippen MR) is 62.2 cm³/mol. The zero-order valence-electron chi connectivity index (χ0n) is 10.2. The fourth-order valence-electron chi connectivity index (χ4n) is 2.08. The monoisotopic (exact) mass is 258 g/mol. The van der Waals surface area contributed by atoms with E-state index in [2.05, 4.69) is 4.98 Å². The Morgan fingerprint density at radius 2 is 2.22 bits per heavy atom. The Kier molecular flexibility index (Phi) is 5.26. The third-order valence-corrected chi connectivity index (χ3v) is 2.76. The number of rotatable bonds is 3. The van der Waals surface area contributed by atoms with Crippen LogP contribution >= 0.6 is 0 Å². The second-order valence-electron chi connectivity index (χ2n) is 4.06. The van der Waals surface area contributed by atoms with Crippen LogP contribution in [0.25, 0.3) is 0 Å². The SMILES string of the molecule is CO.O=C(O)Cc1cn2c(n1)C[C@@H](O)C[C@H]2CO. The molecule has 2 rings (SSSR count). The van der Waals surface area contributed by atoms with Gasteiger partial charge < -0.3 is 25.0 Å². The summed E-state index contributed by atoms with van der Waals surface area (Å²) in [4.78, 5) is 14.7. The van der Waals surface area contributed by atoms with E-state index in [0.717, 1.165) is 7.11 Å². The molecule has 4 N–H and O–H groups in total. The molecule has 18 heavy (non-hydrogen) atoms. The first kappa shape index (κ1) is 14.6. The van der Waals surface area contributed by atoms with Crippen LogP contribution in [-0.4, -0.2) is 55.8 Å². The first-order chi connectivity index (χ1) is 8.60. The highest BCUT2D eigenvalue weighted by Gasteiger charge is 2.26. The molecule has 0 spiro atoms. The Hall–Kier alpha value is -1.44. The van der Waals surface area contributed by atoms with Crippen LogP contribution in [0.4, 0.5) is 0 Å². The van der Waals surface area contributed by atoms with Crippen molar-refractivity contribution < 1.29 is 25.2 Å². The molecule has 0 aliphatic carbocycles. The van der Waals surface area contributed by atoms with Gasteiger partial charge in [0.05, 0.1) is 30.9 Å². The minimum atomic E-state index is -0.934. The summed E-state index contributed by atoms with van der Waals surface area (Å²) in [6.07, 6.45) is 1.90. The van der Waals surface area contributed by atoms with Crippen molar-refractivity contribution in [2.45, 2.75) is 31.4 Å². The summed E-state index contributed by atoms with van der Waals surface area (Å²) in [6, 6.07) is -0.200. The fourth-order valence-corrected chi connectivity index (χ4v) is 2.08. The van der Waals surface area contributed by atoms with Crippen LogP contribution < -0.4 is 0 Å². The van der Waals surface area contributed by atoms with E-state index in [4.69, 9.17) is 10.2 Å². The first-order valence-electron chi connectivity index (χ1n) is 5.62. The molecule has 0 saturated heterocycles. The molecule has 0 bridgehead atoms. The number of carbonyl (C=O) groups is 1. The maximum absolute atomic E-state index is 10.5. The van der Waals surface area contributed by atoms with Gasteiger partial charge >= 0.3 is 5.97 Å². The number of aliphatic hydroxyl groups is 3. The second kappa shape index (κ2) is 6.48. The number of aliphatic carboxylic acids is 1. The molecule has 1 aliphatic heterocycles. The van der Waals surface area contributed by atoms with E-state index in [1.54, 1.807) is 10.8 Å². The van der Waals surface area contributed by atoms with Gasteiger partial charge in [-0.2, -0.15) is 0 Å². The Balaban J connectivity index is 0.000000771. The number of nitrogens with zero attached hydrogens (tertiary/aromatic N) is 2. The molecule has 7 heteroatoms. The van der Waals surface area contributed by atoms with Gasteiger partial charge in [-0.1, -0.05) is 0 Å². The third-order valence-electron chi connectivity index (χ3n) is 2.76. The van der Waals surface area contributed by atoms with Gasteiger partial charge in [-0.05, 0) is 6.42 Å². The lowest BCUT2D eigenvalue weighted by Crippen LogP contribution is -2.29. The lowest BCUT2D eigenvalue weighted by atomic mass is 10.0. The van der Waals surface area contributed by atoms with Crippen LogP contribution in [0.1, 0.15) is 24.0 Å². The normalized spacial score (nSPS) is 21.8. The highest BCUT2D eigenvalue weighted by Crippen LogP contribution is 2.24. The molecule has 0 fully saturated rings. The molecular formula is C11H18N2O5. The zero-order chi connectivity index (χ0) is 13.7. The third kappa shape index (κ3) is 3.28. The van der Waals surface area contributed by atoms with Gasteiger partial charge in [0.2, 0.25) is 0 Å². The molecule has 0 unspecified atom stereocenters. The summed E-state index contributed by atoms with van der Waals surface area (Å²) in [5.74, 6) is -0.286. The summed E-state index contributed by atoms with van der Waals surface area (Å²) >= 11 is 0. The van der Waals surface area contributed by atoms with Crippen molar-refractivity contribution in [3.63, 3.8) is 0 Å². The number of aliphatic hydroxyl groups excluding tert-OH is 3. The van der Waals surface area contributed by atoms with Gasteiger partial charge in [0.15, 0.2) is 0 Å². The van der Waals surface area contributed by atoms with E-state index in [9.17, 15) is 15.0 Å².